The van der Waals surface area contributed by atoms with Gasteiger partial charge in [-0.1, -0.05) is 42.1 Å². The molecule has 96 valence electrons. The topological polar surface area (TPSA) is 46.0 Å². The number of aliphatic hydroxyl groups is 1. The molecule has 1 atom stereocenters. The van der Waals surface area contributed by atoms with E-state index in [4.69, 9.17) is 0 Å². The molecule has 4 heteroatoms. The van der Waals surface area contributed by atoms with Crippen LogP contribution in [0, 0.1) is 13.8 Å². The van der Waals surface area contributed by atoms with Crippen molar-refractivity contribution in [1.82, 2.24) is 9.59 Å². The molecule has 0 aliphatic rings. The summed E-state index contributed by atoms with van der Waals surface area (Å²) in [4.78, 5) is 0.858. The summed E-state index contributed by atoms with van der Waals surface area (Å²) in [5.74, 6) is 0.277. The van der Waals surface area contributed by atoms with E-state index in [1.54, 1.807) is 0 Å². The van der Waals surface area contributed by atoms with Gasteiger partial charge in [0.15, 0.2) is 0 Å². The lowest BCUT2D eigenvalue weighted by Gasteiger charge is -2.14. The average molecular weight is 262 g/mol. The van der Waals surface area contributed by atoms with Crippen LogP contribution in [0.4, 0.5) is 0 Å². The Morgan fingerprint density at radius 2 is 1.94 bits per heavy atom. The molecule has 0 saturated heterocycles. The summed E-state index contributed by atoms with van der Waals surface area (Å²) in [6.07, 6.45) is -0.622. The molecular formula is C14H18N2OS. The third-order valence-corrected chi connectivity index (χ3v) is 3.85. The van der Waals surface area contributed by atoms with Gasteiger partial charge in [-0.15, -0.1) is 5.10 Å². The zero-order chi connectivity index (χ0) is 13.3. The van der Waals surface area contributed by atoms with Crippen LogP contribution >= 0.6 is 11.5 Å². The van der Waals surface area contributed by atoms with E-state index >= 15 is 0 Å². The van der Waals surface area contributed by atoms with E-state index in [1.807, 2.05) is 19.1 Å². The maximum Gasteiger partial charge on any atom is 0.117 e. The zero-order valence-corrected chi connectivity index (χ0v) is 12.0. The minimum atomic E-state index is -0.622. The van der Waals surface area contributed by atoms with Crippen molar-refractivity contribution in [2.45, 2.75) is 39.7 Å². The van der Waals surface area contributed by atoms with E-state index in [0.29, 0.717) is 0 Å². The Morgan fingerprint density at radius 1 is 1.22 bits per heavy atom. The summed E-state index contributed by atoms with van der Waals surface area (Å²) in [6, 6.07) is 6.09. The molecular weight excluding hydrogens is 244 g/mol. The lowest BCUT2D eigenvalue weighted by atomic mass is 9.97. The molecule has 0 amide bonds. The molecule has 18 heavy (non-hydrogen) atoms. The van der Waals surface area contributed by atoms with Crippen LogP contribution in [0.5, 0.6) is 0 Å². The van der Waals surface area contributed by atoms with E-state index in [1.165, 1.54) is 17.1 Å². The number of aliphatic hydroxyl groups excluding tert-OH is 1. The van der Waals surface area contributed by atoms with Crippen LogP contribution in [-0.2, 0) is 0 Å². The van der Waals surface area contributed by atoms with Crippen LogP contribution in [-0.4, -0.2) is 14.7 Å². The summed E-state index contributed by atoms with van der Waals surface area (Å²) in [5, 5.41) is 14.6. The van der Waals surface area contributed by atoms with E-state index in [-0.39, 0.29) is 5.92 Å². The highest BCUT2D eigenvalue weighted by atomic mass is 32.1. The Labute approximate surface area is 112 Å². The lowest BCUT2D eigenvalue weighted by Crippen LogP contribution is -2.04. The molecule has 0 radical (unpaired) electrons. The number of nitrogens with zero attached hydrogens (tertiary/aromatic N) is 2. The molecule has 2 rings (SSSR count). The van der Waals surface area contributed by atoms with Crippen molar-refractivity contribution < 1.29 is 5.11 Å². The minimum Gasteiger partial charge on any atom is -0.383 e. The van der Waals surface area contributed by atoms with Crippen LogP contribution < -0.4 is 0 Å². The van der Waals surface area contributed by atoms with Crippen molar-refractivity contribution in [2.75, 3.05) is 0 Å². The van der Waals surface area contributed by atoms with Crippen molar-refractivity contribution in [3.05, 3.63) is 45.5 Å². The number of rotatable bonds is 3. The van der Waals surface area contributed by atoms with Gasteiger partial charge in [0.05, 0.1) is 10.6 Å². The van der Waals surface area contributed by atoms with Gasteiger partial charge in [0.2, 0.25) is 0 Å². The van der Waals surface area contributed by atoms with E-state index in [0.717, 1.165) is 21.7 Å². The third kappa shape index (κ3) is 2.44. The first-order valence-corrected chi connectivity index (χ1v) is 6.85. The number of hydrogen-bond donors (Lipinski definition) is 1. The van der Waals surface area contributed by atoms with Crippen molar-refractivity contribution >= 4 is 11.5 Å². The molecule has 0 aliphatic heterocycles. The minimum absolute atomic E-state index is 0.277. The van der Waals surface area contributed by atoms with Crippen LogP contribution in [0.2, 0.25) is 0 Å². The number of aromatic nitrogens is 2. The second kappa shape index (κ2) is 5.16. The monoisotopic (exact) mass is 262 g/mol. The highest BCUT2D eigenvalue weighted by Gasteiger charge is 2.21. The van der Waals surface area contributed by atoms with Gasteiger partial charge in [-0.25, -0.2) is 0 Å². The van der Waals surface area contributed by atoms with Gasteiger partial charge in [0.1, 0.15) is 6.10 Å². The second-order valence-electron chi connectivity index (χ2n) is 4.94. The fourth-order valence-electron chi connectivity index (χ4n) is 2.07. The van der Waals surface area contributed by atoms with Crippen LogP contribution in [0.1, 0.15) is 53.1 Å². The van der Waals surface area contributed by atoms with Gasteiger partial charge >= 0.3 is 0 Å². The average Bonchev–Trinajstić information content (AvgIpc) is 2.77. The van der Waals surface area contributed by atoms with Crippen molar-refractivity contribution in [1.29, 1.82) is 0 Å². The maximum absolute atomic E-state index is 10.5. The highest BCUT2D eigenvalue weighted by Crippen LogP contribution is 2.32. The predicted octanol–water partition coefficient (Wildman–Crippen LogP) is 3.36. The van der Waals surface area contributed by atoms with E-state index < -0.39 is 6.10 Å². The Bertz CT molecular complexity index is 548. The largest absolute Gasteiger partial charge is 0.383 e. The molecule has 1 aromatic heterocycles. The van der Waals surface area contributed by atoms with Crippen LogP contribution in [0.15, 0.2) is 18.2 Å². The Hall–Kier alpha value is -1.26. The first kappa shape index (κ1) is 13.2. The fourth-order valence-corrected chi connectivity index (χ4v) is 2.88. The van der Waals surface area contributed by atoms with Gasteiger partial charge in [0, 0.05) is 0 Å². The van der Waals surface area contributed by atoms with Crippen LogP contribution in [0.25, 0.3) is 0 Å². The van der Waals surface area contributed by atoms with Gasteiger partial charge in [-0.3, -0.25) is 0 Å². The Balaban J connectivity index is 2.41. The number of aryl methyl sites for hydroxylation is 2. The first-order valence-electron chi connectivity index (χ1n) is 6.08. The summed E-state index contributed by atoms with van der Waals surface area (Å²) in [7, 11) is 0. The van der Waals surface area contributed by atoms with Gasteiger partial charge in [-0.05, 0) is 42.4 Å². The van der Waals surface area contributed by atoms with Gasteiger partial charge in [0.25, 0.3) is 0 Å². The second-order valence-corrected chi connectivity index (χ2v) is 5.73. The molecule has 0 saturated carbocycles. The number of hydrogen-bond acceptors (Lipinski definition) is 4. The molecule has 1 heterocycles. The molecule has 0 bridgehead atoms. The fraction of sp³-hybridized carbons (Fsp3) is 0.429. The molecule has 0 aliphatic carbocycles. The standard InChI is InChI=1S/C14H18N2OS/c1-8(2)12-14(18-16-15-12)13(17)11-6-5-9(3)7-10(11)4/h5-8,13,17H,1-4H3. The SMILES string of the molecule is Cc1ccc(C(O)c2snnc2C(C)C)c(C)c1. The molecule has 1 N–H and O–H groups in total. The highest BCUT2D eigenvalue weighted by molar-refractivity contribution is 7.05. The van der Waals surface area contributed by atoms with Crippen molar-refractivity contribution in [3.63, 3.8) is 0 Å². The molecule has 0 spiro atoms. The Morgan fingerprint density at radius 3 is 2.56 bits per heavy atom. The third-order valence-electron chi connectivity index (χ3n) is 3.06. The number of benzene rings is 1. The first-order chi connectivity index (χ1) is 8.50. The summed E-state index contributed by atoms with van der Waals surface area (Å²) < 4.78 is 3.97. The van der Waals surface area contributed by atoms with Gasteiger partial charge in [-0.2, -0.15) is 0 Å². The Kier molecular flexibility index (Phi) is 3.78. The maximum atomic E-state index is 10.5. The molecule has 1 aromatic carbocycles. The normalized spacial score (nSPS) is 13.0. The van der Waals surface area contributed by atoms with Gasteiger partial charge < -0.3 is 5.11 Å². The van der Waals surface area contributed by atoms with Crippen molar-refractivity contribution in [3.8, 4) is 0 Å². The van der Waals surface area contributed by atoms with Crippen LogP contribution in [0.3, 0.4) is 0 Å². The zero-order valence-electron chi connectivity index (χ0n) is 11.1. The summed E-state index contributed by atoms with van der Waals surface area (Å²) >= 11 is 1.28. The smallest absolute Gasteiger partial charge is 0.117 e. The lowest BCUT2D eigenvalue weighted by molar-refractivity contribution is 0.221. The summed E-state index contributed by atoms with van der Waals surface area (Å²) in [6.45, 7) is 8.20. The quantitative estimate of drug-likeness (QED) is 0.922. The molecule has 0 fully saturated rings. The summed E-state index contributed by atoms with van der Waals surface area (Å²) in [5.41, 5.74) is 4.14. The van der Waals surface area contributed by atoms with Crippen molar-refractivity contribution in [2.24, 2.45) is 0 Å². The molecule has 2 aromatic rings. The molecule has 1 unspecified atom stereocenters. The molecule has 3 nitrogen and oxygen atoms in total. The predicted molar refractivity (Wildman–Crippen MR) is 74.0 cm³/mol. The van der Waals surface area contributed by atoms with E-state index in [2.05, 4.69) is 36.4 Å². The van der Waals surface area contributed by atoms with E-state index in [9.17, 15) is 5.11 Å².